The predicted molar refractivity (Wildman–Crippen MR) is 80.1 cm³/mol. The second-order valence-electron chi connectivity index (χ2n) is 4.76. The molecule has 0 unspecified atom stereocenters. The first kappa shape index (κ1) is 15.9. The molecule has 0 spiro atoms. The highest BCUT2D eigenvalue weighted by Crippen LogP contribution is 2.20. The summed E-state index contributed by atoms with van der Waals surface area (Å²) in [5.41, 5.74) is 1.29. The van der Waals surface area contributed by atoms with E-state index in [1.807, 2.05) is 0 Å². The minimum Gasteiger partial charge on any atom is -0.435 e. The van der Waals surface area contributed by atoms with Gasteiger partial charge in [0.2, 0.25) is 11.8 Å². The molecule has 1 heterocycles. The van der Waals surface area contributed by atoms with Gasteiger partial charge in [0.25, 0.3) is 0 Å². The van der Waals surface area contributed by atoms with Crippen LogP contribution in [0.2, 0.25) is 0 Å². The van der Waals surface area contributed by atoms with Gasteiger partial charge in [-0.25, -0.2) is 4.39 Å². The van der Waals surface area contributed by atoms with Crippen LogP contribution >= 0.6 is 0 Å². The molecule has 0 atom stereocenters. The minimum absolute atomic E-state index is 0.0759. The number of halogens is 3. The number of aromatic nitrogens is 2. The van der Waals surface area contributed by atoms with Crippen LogP contribution in [-0.4, -0.2) is 16.8 Å². The lowest BCUT2D eigenvalue weighted by molar-refractivity contribution is -0.0498. The summed E-state index contributed by atoms with van der Waals surface area (Å²) < 4.78 is 46.8. The van der Waals surface area contributed by atoms with Crippen LogP contribution in [0.15, 0.2) is 52.9 Å². The van der Waals surface area contributed by atoms with E-state index in [2.05, 4.69) is 20.3 Å². The first-order chi connectivity index (χ1) is 11.6. The fourth-order valence-electron chi connectivity index (χ4n) is 1.97. The maximum atomic E-state index is 12.9. The van der Waals surface area contributed by atoms with Crippen molar-refractivity contribution >= 4 is 5.69 Å². The summed E-state index contributed by atoms with van der Waals surface area (Å²) in [5.74, 6) is 0.348. The summed E-state index contributed by atoms with van der Waals surface area (Å²) in [6.07, 6.45) is 0. The van der Waals surface area contributed by atoms with E-state index in [-0.39, 0.29) is 24.0 Å². The number of hydrogen-bond acceptors (Lipinski definition) is 5. The number of nitrogens with one attached hydrogen (secondary N) is 1. The van der Waals surface area contributed by atoms with Crippen LogP contribution in [0, 0.1) is 5.82 Å². The van der Waals surface area contributed by atoms with Crippen LogP contribution in [0.1, 0.15) is 5.89 Å². The van der Waals surface area contributed by atoms with Crippen molar-refractivity contribution in [3.05, 3.63) is 60.2 Å². The van der Waals surface area contributed by atoms with Gasteiger partial charge in [0.15, 0.2) is 0 Å². The molecule has 5 nitrogen and oxygen atoms in total. The Morgan fingerprint density at radius 1 is 1.00 bits per heavy atom. The van der Waals surface area contributed by atoms with E-state index < -0.39 is 6.61 Å². The molecule has 1 N–H and O–H groups in total. The predicted octanol–water partition coefficient (Wildman–Crippen LogP) is 4.09. The monoisotopic (exact) mass is 335 g/mol. The van der Waals surface area contributed by atoms with E-state index in [0.29, 0.717) is 17.1 Å². The number of benzene rings is 2. The van der Waals surface area contributed by atoms with Gasteiger partial charge >= 0.3 is 6.61 Å². The van der Waals surface area contributed by atoms with Crippen LogP contribution in [0.3, 0.4) is 0 Å². The molecule has 24 heavy (non-hydrogen) atoms. The second kappa shape index (κ2) is 7.03. The Kier molecular flexibility index (Phi) is 4.64. The molecule has 0 aliphatic heterocycles. The molecule has 0 radical (unpaired) electrons. The number of hydrogen-bond donors (Lipinski definition) is 1. The van der Waals surface area contributed by atoms with E-state index in [1.165, 1.54) is 24.3 Å². The number of anilines is 1. The van der Waals surface area contributed by atoms with Crippen molar-refractivity contribution in [2.45, 2.75) is 13.2 Å². The minimum atomic E-state index is -2.85. The lowest BCUT2D eigenvalue weighted by atomic mass is 10.2. The molecule has 2 aromatic carbocycles. The number of rotatable bonds is 6. The van der Waals surface area contributed by atoms with E-state index in [9.17, 15) is 13.2 Å². The van der Waals surface area contributed by atoms with Gasteiger partial charge in [0.05, 0.1) is 6.54 Å². The molecule has 0 saturated carbocycles. The summed E-state index contributed by atoms with van der Waals surface area (Å²) in [7, 11) is 0. The van der Waals surface area contributed by atoms with Crippen LogP contribution in [0.25, 0.3) is 11.5 Å². The Hall–Kier alpha value is -3.03. The zero-order valence-corrected chi connectivity index (χ0v) is 12.2. The highest BCUT2D eigenvalue weighted by molar-refractivity contribution is 5.52. The third kappa shape index (κ3) is 4.03. The summed E-state index contributed by atoms with van der Waals surface area (Å²) in [6, 6.07) is 11.7. The van der Waals surface area contributed by atoms with Crippen molar-refractivity contribution in [2.24, 2.45) is 0 Å². The smallest absolute Gasteiger partial charge is 0.387 e. The van der Waals surface area contributed by atoms with Gasteiger partial charge in [-0.2, -0.15) is 8.78 Å². The topological polar surface area (TPSA) is 60.2 Å². The molecular weight excluding hydrogens is 323 g/mol. The van der Waals surface area contributed by atoms with Crippen LogP contribution < -0.4 is 10.1 Å². The van der Waals surface area contributed by atoms with Crippen LogP contribution in [0.4, 0.5) is 18.9 Å². The van der Waals surface area contributed by atoms with Gasteiger partial charge in [0.1, 0.15) is 11.6 Å². The first-order valence-corrected chi connectivity index (χ1v) is 6.97. The molecule has 8 heteroatoms. The zero-order chi connectivity index (χ0) is 16.9. The fraction of sp³-hybridized carbons (Fsp3) is 0.125. The molecule has 0 aliphatic rings. The number of alkyl halides is 2. The normalized spacial score (nSPS) is 10.8. The molecule has 1 aromatic heterocycles. The summed E-state index contributed by atoms with van der Waals surface area (Å²) in [4.78, 5) is 0. The van der Waals surface area contributed by atoms with E-state index >= 15 is 0 Å². The van der Waals surface area contributed by atoms with Crippen LogP contribution in [-0.2, 0) is 6.54 Å². The van der Waals surface area contributed by atoms with Crippen LogP contribution in [0.5, 0.6) is 5.75 Å². The maximum Gasteiger partial charge on any atom is 0.387 e. The average Bonchev–Trinajstić information content (AvgIpc) is 3.03. The van der Waals surface area contributed by atoms with E-state index in [4.69, 9.17) is 4.42 Å². The highest BCUT2D eigenvalue weighted by Gasteiger charge is 2.09. The third-order valence-corrected chi connectivity index (χ3v) is 3.08. The molecular formula is C16H12F3N3O2. The van der Waals surface area contributed by atoms with Gasteiger partial charge in [-0.3, -0.25) is 0 Å². The Morgan fingerprint density at radius 2 is 1.71 bits per heavy atom. The van der Waals surface area contributed by atoms with Crippen molar-refractivity contribution in [1.29, 1.82) is 0 Å². The van der Waals surface area contributed by atoms with Gasteiger partial charge < -0.3 is 14.5 Å². The summed E-state index contributed by atoms with van der Waals surface area (Å²) in [6.45, 7) is -2.60. The lowest BCUT2D eigenvalue weighted by Gasteiger charge is -2.06. The molecule has 0 fully saturated rings. The van der Waals surface area contributed by atoms with Crippen molar-refractivity contribution in [1.82, 2.24) is 10.2 Å². The van der Waals surface area contributed by atoms with Gasteiger partial charge in [-0.15, -0.1) is 10.2 Å². The largest absolute Gasteiger partial charge is 0.435 e. The molecule has 0 amide bonds. The number of ether oxygens (including phenoxy) is 1. The third-order valence-electron chi connectivity index (χ3n) is 3.08. The van der Waals surface area contributed by atoms with Crippen molar-refractivity contribution in [3.63, 3.8) is 0 Å². The van der Waals surface area contributed by atoms with Gasteiger partial charge in [-0.1, -0.05) is 0 Å². The Morgan fingerprint density at radius 3 is 2.38 bits per heavy atom. The Balaban J connectivity index is 1.60. The Bertz CT molecular complexity index is 789. The maximum absolute atomic E-state index is 12.9. The fourth-order valence-corrected chi connectivity index (χ4v) is 1.97. The lowest BCUT2D eigenvalue weighted by Crippen LogP contribution is -2.02. The zero-order valence-electron chi connectivity index (χ0n) is 12.2. The molecule has 0 saturated heterocycles. The Labute approximate surface area is 135 Å². The van der Waals surface area contributed by atoms with E-state index in [1.54, 1.807) is 24.3 Å². The summed E-state index contributed by atoms with van der Waals surface area (Å²) in [5, 5.41) is 10.8. The molecule has 3 rings (SSSR count). The van der Waals surface area contributed by atoms with Crippen molar-refractivity contribution < 1.29 is 22.3 Å². The first-order valence-electron chi connectivity index (χ1n) is 6.97. The highest BCUT2D eigenvalue weighted by atomic mass is 19.3. The second-order valence-corrected chi connectivity index (χ2v) is 4.76. The quantitative estimate of drug-likeness (QED) is 0.735. The van der Waals surface area contributed by atoms with Crippen molar-refractivity contribution in [2.75, 3.05) is 5.32 Å². The summed E-state index contributed by atoms with van der Waals surface area (Å²) >= 11 is 0. The van der Waals surface area contributed by atoms with Gasteiger partial charge in [0, 0.05) is 11.3 Å². The van der Waals surface area contributed by atoms with Crippen molar-refractivity contribution in [3.8, 4) is 17.2 Å². The number of nitrogens with zero attached hydrogens (tertiary/aromatic N) is 2. The van der Waals surface area contributed by atoms with Gasteiger partial charge in [-0.05, 0) is 48.5 Å². The SMILES string of the molecule is Fc1ccc(-c2nnc(CNc3ccc(OC(F)F)cc3)o2)cc1. The van der Waals surface area contributed by atoms with E-state index in [0.717, 1.165) is 0 Å². The molecule has 124 valence electrons. The molecule has 3 aromatic rings. The average molecular weight is 335 g/mol. The molecule has 0 bridgehead atoms. The molecule has 0 aliphatic carbocycles. The standard InChI is InChI=1S/C16H12F3N3O2/c17-11-3-1-10(2-4-11)15-22-21-14(24-15)9-20-12-5-7-13(8-6-12)23-16(18)19/h1-8,16,20H,9H2.